The van der Waals surface area contributed by atoms with E-state index in [0.717, 1.165) is 16.9 Å². The molecule has 16 heavy (non-hydrogen) atoms. The molecule has 0 aliphatic rings. The third kappa shape index (κ3) is 2.25. The second-order valence-corrected chi connectivity index (χ2v) is 4.59. The molecule has 2 aromatic rings. The smallest absolute Gasteiger partial charge is 0.250 e. The van der Waals surface area contributed by atoms with Gasteiger partial charge in [0.1, 0.15) is 5.01 Å². The van der Waals surface area contributed by atoms with Crippen LogP contribution in [0, 0.1) is 6.92 Å². The molecule has 2 heterocycles. The van der Waals surface area contributed by atoms with E-state index in [0.29, 0.717) is 11.4 Å². The van der Waals surface area contributed by atoms with Crippen molar-refractivity contribution in [2.24, 2.45) is 0 Å². The predicted molar refractivity (Wildman–Crippen MR) is 62.0 cm³/mol. The van der Waals surface area contributed by atoms with Crippen LogP contribution in [0.2, 0.25) is 0 Å². The standard InChI is InChI=1S/C11H10N2O2S/c1-8-2-3-11(15)13(5-8)6-10-12-4-9(7-14)16-10/h2-5,7H,6H2,1H3. The third-order valence-corrected chi connectivity index (χ3v) is 3.03. The first kappa shape index (κ1) is 10.8. The summed E-state index contributed by atoms with van der Waals surface area (Å²) in [5.41, 5.74) is 0.959. The van der Waals surface area contributed by atoms with Crippen LogP contribution in [0.1, 0.15) is 20.2 Å². The van der Waals surface area contributed by atoms with Gasteiger partial charge in [0.15, 0.2) is 6.29 Å². The van der Waals surface area contributed by atoms with Crippen molar-refractivity contribution < 1.29 is 4.79 Å². The minimum atomic E-state index is -0.0616. The van der Waals surface area contributed by atoms with E-state index in [4.69, 9.17) is 0 Å². The maximum atomic E-state index is 11.5. The summed E-state index contributed by atoms with van der Waals surface area (Å²) < 4.78 is 1.59. The molecule has 0 aliphatic heterocycles. The van der Waals surface area contributed by atoms with Crippen molar-refractivity contribution in [2.75, 3.05) is 0 Å². The summed E-state index contributed by atoms with van der Waals surface area (Å²) in [4.78, 5) is 26.7. The quantitative estimate of drug-likeness (QED) is 0.756. The normalized spacial score (nSPS) is 10.3. The lowest BCUT2D eigenvalue weighted by molar-refractivity contribution is 0.112. The van der Waals surface area contributed by atoms with E-state index >= 15 is 0 Å². The van der Waals surface area contributed by atoms with Crippen molar-refractivity contribution in [2.45, 2.75) is 13.5 Å². The molecule has 0 bridgehead atoms. The van der Waals surface area contributed by atoms with Crippen LogP contribution >= 0.6 is 11.3 Å². The van der Waals surface area contributed by atoms with Gasteiger partial charge in [-0.25, -0.2) is 4.98 Å². The predicted octanol–water partition coefficient (Wildman–Crippen LogP) is 1.47. The van der Waals surface area contributed by atoms with Gasteiger partial charge in [0.2, 0.25) is 0 Å². The van der Waals surface area contributed by atoms with E-state index in [1.165, 1.54) is 23.6 Å². The number of carbonyl (C=O) groups excluding carboxylic acids is 1. The Morgan fingerprint density at radius 1 is 1.50 bits per heavy atom. The molecule has 0 fully saturated rings. The van der Waals surface area contributed by atoms with Gasteiger partial charge in [-0.05, 0) is 12.5 Å². The zero-order valence-corrected chi connectivity index (χ0v) is 9.53. The number of thiazole rings is 1. The Hall–Kier alpha value is -1.75. The summed E-state index contributed by atoms with van der Waals surface area (Å²) in [7, 11) is 0. The second kappa shape index (κ2) is 4.40. The van der Waals surface area contributed by atoms with E-state index in [-0.39, 0.29) is 5.56 Å². The van der Waals surface area contributed by atoms with Gasteiger partial charge < -0.3 is 4.57 Å². The lowest BCUT2D eigenvalue weighted by atomic mass is 10.3. The Morgan fingerprint density at radius 2 is 2.31 bits per heavy atom. The number of aldehydes is 1. The zero-order chi connectivity index (χ0) is 11.5. The number of aryl methyl sites for hydroxylation is 1. The van der Waals surface area contributed by atoms with Crippen molar-refractivity contribution in [1.29, 1.82) is 0 Å². The summed E-state index contributed by atoms with van der Waals surface area (Å²) in [5, 5.41) is 0.759. The van der Waals surface area contributed by atoms with Gasteiger partial charge in [0.25, 0.3) is 5.56 Å². The van der Waals surface area contributed by atoms with Crippen molar-refractivity contribution in [3.8, 4) is 0 Å². The largest absolute Gasteiger partial charge is 0.308 e. The number of pyridine rings is 1. The van der Waals surface area contributed by atoms with E-state index in [1.54, 1.807) is 16.8 Å². The highest BCUT2D eigenvalue weighted by Gasteiger charge is 2.03. The number of nitrogens with zero attached hydrogens (tertiary/aromatic N) is 2. The molecule has 0 aromatic carbocycles. The van der Waals surface area contributed by atoms with Crippen LogP contribution in [0.5, 0.6) is 0 Å². The van der Waals surface area contributed by atoms with Crippen molar-refractivity contribution in [3.05, 3.63) is 50.3 Å². The van der Waals surface area contributed by atoms with E-state index in [2.05, 4.69) is 4.98 Å². The van der Waals surface area contributed by atoms with Crippen LogP contribution in [-0.4, -0.2) is 15.8 Å². The Kier molecular flexibility index (Phi) is 2.96. The monoisotopic (exact) mass is 234 g/mol. The summed E-state index contributed by atoms with van der Waals surface area (Å²) >= 11 is 1.30. The second-order valence-electron chi connectivity index (χ2n) is 3.45. The Labute approximate surface area is 96.2 Å². The fourth-order valence-electron chi connectivity index (χ4n) is 1.37. The van der Waals surface area contributed by atoms with Crippen LogP contribution in [0.4, 0.5) is 0 Å². The molecule has 2 aromatic heterocycles. The topological polar surface area (TPSA) is 52.0 Å². The Morgan fingerprint density at radius 3 is 3.00 bits per heavy atom. The van der Waals surface area contributed by atoms with Crippen LogP contribution in [0.3, 0.4) is 0 Å². The molecule has 5 heteroatoms. The maximum Gasteiger partial charge on any atom is 0.250 e. The van der Waals surface area contributed by atoms with Gasteiger partial charge in [-0.1, -0.05) is 6.07 Å². The molecule has 0 N–H and O–H groups in total. The first-order valence-electron chi connectivity index (χ1n) is 4.76. The van der Waals surface area contributed by atoms with Crippen molar-refractivity contribution in [1.82, 2.24) is 9.55 Å². The third-order valence-electron chi connectivity index (χ3n) is 2.12. The number of aromatic nitrogens is 2. The molecule has 82 valence electrons. The molecule has 4 nitrogen and oxygen atoms in total. The van der Waals surface area contributed by atoms with E-state index in [9.17, 15) is 9.59 Å². The molecular weight excluding hydrogens is 224 g/mol. The van der Waals surface area contributed by atoms with Crippen LogP contribution < -0.4 is 5.56 Å². The number of hydrogen-bond acceptors (Lipinski definition) is 4. The highest BCUT2D eigenvalue weighted by molar-refractivity contribution is 7.13. The summed E-state index contributed by atoms with van der Waals surface area (Å²) in [6.07, 6.45) is 4.07. The van der Waals surface area contributed by atoms with Crippen molar-refractivity contribution >= 4 is 17.6 Å². The van der Waals surface area contributed by atoms with Crippen molar-refractivity contribution in [3.63, 3.8) is 0 Å². The number of carbonyl (C=O) groups is 1. The lowest BCUT2D eigenvalue weighted by Crippen LogP contribution is -2.19. The Bertz CT molecular complexity index is 571. The van der Waals surface area contributed by atoms with Gasteiger partial charge in [-0.3, -0.25) is 9.59 Å². The molecule has 0 spiro atoms. The minimum absolute atomic E-state index is 0.0616. The van der Waals surface area contributed by atoms with Gasteiger partial charge in [-0.15, -0.1) is 11.3 Å². The summed E-state index contributed by atoms with van der Waals surface area (Å²) in [6.45, 7) is 2.34. The van der Waals surface area contributed by atoms with Crippen LogP contribution in [-0.2, 0) is 6.54 Å². The minimum Gasteiger partial charge on any atom is -0.308 e. The van der Waals surface area contributed by atoms with Crippen LogP contribution in [0.15, 0.2) is 29.3 Å². The highest BCUT2D eigenvalue weighted by Crippen LogP contribution is 2.11. The zero-order valence-electron chi connectivity index (χ0n) is 8.71. The highest BCUT2D eigenvalue weighted by atomic mass is 32.1. The lowest BCUT2D eigenvalue weighted by Gasteiger charge is -2.03. The maximum absolute atomic E-state index is 11.5. The molecule has 0 saturated carbocycles. The van der Waals surface area contributed by atoms with Gasteiger partial charge in [0, 0.05) is 18.5 Å². The van der Waals surface area contributed by atoms with Gasteiger partial charge in [0.05, 0.1) is 11.4 Å². The molecule has 0 saturated heterocycles. The Balaban J connectivity index is 2.29. The molecule has 0 atom stereocenters. The fourth-order valence-corrected chi connectivity index (χ4v) is 2.11. The molecular formula is C11H10N2O2S. The van der Waals surface area contributed by atoms with E-state index in [1.807, 2.05) is 6.92 Å². The molecule has 0 unspecified atom stereocenters. The number of hydrogen-bond donors (Lipinski definition) is 0. The first-order chi connectivity index (χ1) is 7.69. The van der Waals surface area contributed by atoms with Gasteiger partial charge >= 0.3 is 0 Å². The molecule has 0 aliphatic carbocycles. The first-order valence-corrected chi connectivity index (χ1v) is 5.57. The molecule has 0 amide bonds. The number of rotatable bonds is 3. The van der Waals surface area contributed by atoms with Crippen LogP contribution in [0.25, 0.3) is 0 Å². The SMILES string of the molecule is Cc1ccc(=O)n(Cc2ncc(C=O)s2)c1. The van der Waals surface area contributed by atoms with E-state index < -0.39 is 0 Å². The molecule has 2 rings (SSSR count). The summed E-state index contributed by atoms with van der Waals surface area (Å²) in [5.74, 6) is 0. The summed E-state index contributed by atoms with van der Waals surface area (Å²) in [6, 6.07) is 3.31. The fraction of sp³-hybridized carbons (Fsp3) is 0.182. The average Bonchev–Trinajstić information content (AvgIpc) is 2.71. The van der Waals surface area contributed by atoms with Gasteiger partial charge in [-0.2, -0.15) is 0 Å². The average molecular weight is 234 g/mol. The molecule has 0 radical (unpaired) electrons.